The molecule has 7 heteroatoms. The average Bonchev–Trinajstić information content (AvgIpc) is 2.49. The summed E-state index contributed by atoms with van der Waals surface area (Å²) in [7, 11) is 0. The lowest BCUT2D eigenvalue weighted by Gasteiger charge is -2.06. The highest BCUT2D eigenvalue weighted by Crippen LogP contribution is 1.96. The Morgan fingerprint density at radius 3 is 2.65 bits per heavy atom. The quantitative estimate of drug-likeness (QED) is 0.678. The van der Waals surface area contributed by atoms with E-state index in [1.807, 2.05) is 6.92 Å². The maximum Gasteiger partial charge on any atom is 0.357 e. The number of hydrogen-bond acceptors (Lipinski definition) is 5. The number of carbonyl (C=O) groups is 3. The maximum atomic E-state index is 11.5. The van der Waals surface area contributed by atoms with Gasteiger partial charge in [-0.15, -0.1) is 0 Å². The highest BCUT2D eigenvalue weighted by molar-refractivity contribution is 5.90. The summed E-state index contributed by atoms with van der Waals surface area (Å²) in [6.45, 7) is 1.90. The normalized spacial score (nSPS) is 9.65. The van der Waals surface area contributed by atoms with E-state index in [1.54, 1.807) is 12.1 Å². The van der Waals surface area contributed by atoms with Crippen LogP contribution >= 0.6 is 0 Å². The van der Waals surface area contributed by atoms with Crippen molar-refractivity contribution in [2.24, 2.45) is 0 Å². The van der Waals surface area contributed by atoms with Crippen LogP contribution in [0.5, 0.6) is 0 Å². The minimum absolute atomic E-state index is 0.126. The molecule has 0 bridgehead atoms. The number of nitrogens with zero attached hydrogens (tertiary/aromatic N) is 1. The number of aromatic nitrogens is 1. The number of amides is 2. The summed E-state index contributed by atoms with van der Waals surface area (Å²) >= 11 is 0. The number of pyridine rings is 1. The number of ether oxygens (including phenoxy) is 1. The third kappa shape index (κ3) is 5.94. The van der Waals surface area contributed by atoms with E-state index in [-0.39, 0.29) is 18.1 Å². The van der Waals surface area contributed by atoms with Crippen molar-refractivity contribution in [2.75, 3.05) is 19.7 Å². The Morgan fingerprint density at radius 2 is 2.00 bits per heavy atom. The summed E-state index contributed by atoms with van der Waals surface area (Å²) in [4.78, 5) is 37.9. The first-order valence-electron chi connectivity index (χ1n) is 6.25. The van der Waals surface area contributed by atoms with Gasteiger partial charge in [0.1, 0.15) is 5.69 Å². The Labute approximate surface area is 116 Å². The summed E-state index contributed by atoms with van der Waals surface area (Å²) in [5.41, 5.74) is 0.126. The molecule has 0 radical (unpaired) electrons. The lowest BCUT2D eigenvalue weighted by molar-refractivity contribution is -0.127. The molecule has 0 fully saturated rings. The van der Waals surface area contributed by atoms with E-state index < -0.39 is 18.5 Å². The molecule has 0 saturated heterocycles. The molecule has 1 rings (SSSR count). The molecule has 20 heavy (non-hydrogen) atoms. The fraction of sp³-hybridized carbons (Fsp3) is 0.385. The van der Waals surface area contributed by atoms with Gasteiger partial charge in [-0.25, -0.2) is 9.78 Å². The zero-order valence-corrected chi connectivity index (χ0v) is 11.2. The Kier molecular flexibility index (Phi) is 6.74. The van der Waals surface area contributed by atoms with Gasteiger partial charge in [-0.2, -0.15) is 0 Å². The van der Waals surface area contributed by atoms with E-state index in [0.29, 0.717) is 6.54 Å². The first-order valence-corrected chi connectivity index (χ1v) is 6.25. The lowest BCUT2D eigenvalue weighted by Crippen LogP contribution is -2.38. The molecule has 0 saturated carbocycles. The molecule has 1 heterocycles. The SMILES string of the molecule is CCCNC(=O)CNC(=O)COC(=O)c1ccccn1. The van der Waals surface area contributed by atoms with Crippen LogP contribution in [0.25, 0.3) is 0 Å². The van der Waals surface area contributed by atoms with Crippen molar-refractivity contribution in [2.45, 2.75) is 13.3 Å². The summed E-state index contributed by atoms with van der Waals surface area (Å²) in [5, 5.41) is 4.96. The Bertz CT molecular complexity index is 462. The summed E-state index contributed by atoms with van der Waals surface area (Å²) < 4.78 is 4.76. The first kappa shape index (κ1) is 15.6. The second-order valence-electron chi connectivity index (χ2n) is 3.92. The van der Waals surface area contributed by atoms with Crippen LogP contribution < -0.4 is 10.6 Å². The van der Waals surface area contributed by atoms with Gasteiger partial charge >= 0.3 is 5.97 Å². The molecule has 0 aliphatic rings. The molecule has 2 N–H and O–H groups in total. The van der Waals surface area contributed by atoms with E-state index in [0.717, 1.165) is 6.42 Å². The van der Waals surface area contributed by atoms with E-state index in [1.165, 1.54) is 12.3 Å². The van der Waals surface area contributed by atoms with Crippen molar-refractivity contribution in [3.8, 4) is 0 Å². The number of rotatable bonds is 7. The minimum Gasteiger partial charge on any atom is -0.451 e. The van der Waals surface area contributed by atoms with Crippen molar-refractivity contribution < 1.29 is 19.1 Å². The Balaban J connectivity index is 2.23. The number of hydrogen-bond donors (Lipinski definition) is 2. The third-order valence-corrected chi connectivity index (χ3v) is 2.23. The minimum atomic E-state index is -0.684. The fourth-order valence-electron chi connectivity index (χ4n) is 1.25. The van der Waals surface area contributed by atoms with E-state index >= 15 is 0 Å². The predicted molar refractivity (Wildman–Crippen MR) is 70.8 cm³/mol. The molecule has 2 amide bonds. The van der Waals surface area contributed by atoms with Gasteiger partial charge in [0.25, 0.3) is 5.91 Å². The predicted octanol–water partition coefficient (Wildman–Crippen LogP) is -0.119. The molecule has 0 aliphatic carbocycles. The van der Waals surface area contributed by atoms with Crippen molar-refractivity contribution in [1.82, 2.24) is 15.6 Å². The summed E-state index contributed by atoms with van der Waals surface area (Å²) in [6.07, 6.45) is 2.27. The first-order chi connectivity index (χ1) is 9.63. The lowest BCUT2D eigenvalue weighted by atomic mass is 10.3. The van der Waals surface area contributed by atoms with Crippen molar-refractivity contribution in [3.63, 3.8) is 0 Å². The standard InChI is InChI=1S/C13H17N3O4/c1-2-6-15-11(17)8-16-12(18)9-20-13(19)10-5-3-4-7-14-10/h3-5,7H,2,6,8-9H2,1H3,(H,15,17)(H,16,18). The molecular weight excluding hydrogens is 262 g/mol. The van der Waals surface area contributed by atoms with Crippen molar-refractivity contribution in [1.29, 1.82) is 0 Å². The van der Waals surface area contributed by atoms with E-state index in [4.69, 9.17) is 4.74 Å². The zero-order valence-electron chi connectivity index (χ0n) is 11.2. The fourth-order valence-corrected chi connectivity index (χ4v) is 1.25. The van der Waals surface area contributed by atoms with Gasteiger partial charge in [0, 0.05) is 12.7 Å². The summed E-state index contributed by atoms with van der Waals surface area (Å²) in [6, 6.07) is 4.79. The van der Waals surface area contributed by atoms with Crippen LogP contribution in [0.2, 0.25) is 0 Å². The molecule has 0 aromatic carbocycles. The van der Waals surface area contributed by atoms with Crippen LogP contribution in [0, 0.1) is 0 Å². The second-order valence-corrected chi connectivity index (χ2v) is 3.92. The highest BCUT2D eigenvalue weighted by Gasteiger charge is 2.11. The molecule has 108 valence electrons. The van der Waals surface area contributed by atoms with Gasteiger partial charge in [0.05, 0.1) is 6.54 Å². The Hall–Kier alpha value is -2.44. The van der Waals surface area contributed by atoms with Crippen LogP contribution in [0.3, 0.4) is 0 Å². The number of carbonyl (C=O) groups excluding carboxylic acids is 3. The topological polar surface area (TPSA) is 97.4 Å². The molecular formula is C13H17N3O4. The van der Waals surface area contributed by atoms with Gasteiger partial charge in [0.2, 0.25) is 5.91 Å². The third-order valence-electron chi connectivity index (χ3n) is 2.23. The van der Waals surface area contributed by atoms with Gasteiger partial charge < -0.3 is 15.4 Å². The van der Waals surface area contributed by atoms with Crippen molar-refractivity contribution >= 4 is 17.8 Å². The van der Waals surface area contributed by atoms with E-state index in [2.05, 4.69) is 15.6 Å². The van der Waals surface area contributed by atoms with Crippen LogP contribution in [0.1, 0.15) is 23.8 Å². The van der Waals surface area contributed by atoms with Crippen molar-refractivity contribution in [3.05, 3.63) is 30.1 Å². The van der Waals surface area contributed by atoms with Crippen LogP contribution in [-0.2, 0) is 14.3 Å². The van der Waals surface area contributed by atoms with Crippen LogP contribution in [0.4, 0.5) is 0 Å². The molecule has 1 aromatic heterocycles. The highest BCUT2D eigenvalue weighted by atomic mass is 16.5. The van der Waals surface area contributed by atoms with Crippen LogP contribution in [0.15, 0.2) is 24.4 Å². The second kappa shape index (κ2) is 8.63. The smallest absolute Gasteiger partial charge is 0.357 e. The van der Waals surface area contributed by atoms with Gasteiger partial charge in [-0.05, 0) is 18.6 Å². The number of nitrogens with one attached hydrogen (secondary N) is 2. The monoisotopic (exact) mass is 279 g/mol. The molecule has 0 atom stereocenters. The molecule has 1 aromatic rings. The van der Waals surface area contributed by atoms with Gasteiger partial charge in [-0.1, -0.05) is 13.0 Å². The maximum absolute atomic E-state index is 11.5. The molecule has 0 aliphatic heterocycles. The van der Waals surface area contributed by atoms with E-state index in [9.17, 15) is 14.4 Å². The van der Waals surface area contributed by atoms with Gasteiger partial charge in [0.15, 0.2) is 6.61 Å². The Morgan fingerprint density at radius 1 is 1.20 bits per heavy atom. The zero-order chi connectivity index (χ0) is 14.8. The molecule has 7 nitrogen and oxygen atoms in total. The summed E-state index contributed by atoms with van der Waals surface area (Å²) in [5.74, 6) is -1.51. The van der Waals surface area contributed by atoms with Crippen LogP contribution in [-0.4, -0.2) is 42.5 Å². The largest absolute Gasteiger partial charge is 0.451 e. The van der Waals surface area contributed by atoms with Gasteiger partial charge in [-0.3, -0.25) is 9.59 Å². The molecule has 0 unspecified atom stereocenters. The number of esters is 1. The average molecular weight is 279 g/mol. The molecule has 0 spiro atoms.